The molecule has 0 aromatic rings. The van der Waals surface area contributed by atoms with E-state index < -0.39 is 6.89 Å². The lowest BCUT2D eigenvalue weighted by Gasteiger charge is -2.28. The molecular weight excluding hydrogens is 271 g/mol. The largest absolute Gasteiger partial charge is 0.389 e. The summed E-state index contributed by atoms with van der Waals surface area (Å²) >= 11 is 0. The summed E-state index contributed by atoms with van der Waals surface area (Å²) in [5.74, 6) is -0.634. The number of unbranched alkanes of at least 4 members (excludes halogenated alkanes) is 3. The van der Waals surface area contributed by atoms with Crippen molar-refractivity contribution in [1.29, 1.82) is 0 Å². The molecule has 0 spiro atoms. The molecule has 0 aliphatic carbocycles. The van der Waals surface area contributed by atoms with E-state index in [0.717, 1.165) is 62.3 Å². The summed E-state index contributed by atoms with van der Waals surface area (Å²) in [7, 11) is 0. The summed E-state index contributed by atoms with van der Waals surface area (Å²) in [5.41, 5.74) is 0. The molecule has 1 saturated heterocycles. The highest BCUT2D eigenvalue weighted by Gasteiger charge is 2.35. The molecule has 0 aromatic carbocycles. The Balaban J connectivity index is 3.14. The second-order valence-corrected chi connectivity index (χ2v) is 9.93. The van der Waals surface area contributed by atoms with Gasteiger partial charge in [-0.15, -0.1) is 0 Å². The van der Waals surface area contributed by atoms with E-state index in [4.69, 9.17) is 4.74 Å². The zero-order valence-corrected chi connectivity index (χ0v) is 14.1. The van der Waals surface area contributed by atoms with Crippen molar-refractivity contribution in [2.45, 2.75) is 65.7 Å². The fourth-order valence-electron chi connectivity index (χ4n) is 2.89. The van der Waals surface area contributed by atoms with Crippen molar-refractivity contribution >= 4 is 24.1 Å². The zero-order valence-electron chi connectivity index (χ0n) is 13.2. The molecule has 1 aliphatic heterocycles. The number of carbonyl (C=O) groups excluding carboxylic acids is 2. The lowest BCUT2D eigenvalue weighted by atomic mass is 10.3. The third-order valence-electron chi connectivity index (χ3n) is 4.15. The predicted molar refractivity (Wildman–Crippen MR) is 87.0 cm³/mol. The van der Waals surface area contributed by atoms with Crippen LogP contribution >= 0.6 is 6.89 Å². The van der Waals surface area contributed by atoms with Crippen LogP contribution in [0.15, 0.2) is 0 Å². The molecule has 116 valence electrons. The highest BCUT2D eigenvalue weighted by atomic mass is 31.2. The molecule has 1 heterocycles. The average molecular weight is 300 g/mol. The van der Waals surface area contributed by atoms with Crippen LogP contribution < -0.4 is 0 Å². The van der Waals surface area contributed by atoms with Crippen LogP contribution in [0.25, 0.3) is 0 Å². The van der Waals surface area contributed by atoms with Gasteiger partial charge in [0.25, 0.3) is 0 Å². The van der Waals surface area contributed by atoms with Gasteiger partial charge in [0.1, 0.15) is 0 Å². The molecular formula is C16H29O3P. The van der Waals surface area contributed by atoms with Crippen molar-refractivity contribution in [2.75, 3.05) is 18.5 Å². The lowest BCUT2D eigenvalue weighted by molar-refractivity contribution is -0.150. The first-order valence-corrected chi connectivity index (χ1v) is 10.4. The molecule has 0 N–H and O–H groups in total. The molecule has 4 heteroatoms. The molecule has 3 nitrogen and oxygen atoms in total. The van der Waals surface area contributed by atoms with E-state index in [0.29, 0.717) is 0 Å². The highest BCUT2D eigenvalue weighted by Crippen LogP contribution is 2.53. The second kappa shape index (κ2) is 8.67. The van der Waals surface area contributed by atoms with E-state index in [-0.39, 0.29) is 18.4 Å². The fraction of sp³-hybridized carbons (Fsp3) is 0.812. The van der Waals surface area contributed by atoms with Crippen molar-refractivity contribution in [3.63, 3.8) is 0 Å². The Kier molecular flexibility index (Phi) is 7.58. The molecule has 0 amide bonds. The Morgan fingerprint density at radius 1 is 0.900 bits per heavy atom. The van der Waals surface area contributed by atoms with E-state index in [1.54, 1.807) is 0 Å². The minimum atomic E-state index is -1.47. The first-order valence-electron chi connectivity index (χ1n) is 8.07. The molecule has 20 heavy (non-hydrogen) atoms. The van der Waals surface area contributed by atoms with Gasteiger partial charge >= 0.3 is 11.9 Å². The van der Waals surface area contributed by atoms with Crippen molar-refractivity contribution in [2.24, 2.45) is 0 Å². The molecule has 0 atom stereocenters. The summed E-state index contributed by atoms with van der Waals surface area (Å²) in [5, 5.41) is 0.873. The van der Waals surface area contributed by atoms with Gasteiger partial charge in [-0.1, -0.05) is 46.9 Å². The number of esters is 2. The molecule has 0 saturated carbocycles. The van der Waals surface area contributed by atoms with Crippen LogP contribution in [-0.2, 0) is 14.3 Å². The number of cyclic esters (lactones) is 2. The maximum Gasteiger partial charge on any atom is 0.342 e. The highest BCUT2D eigenvalue weighted by molar-refractivity contribution is 7.78. The summed E-state index contributed by atoms with van der Waals surface area (Å²) in [6, 6.07) is 0. The van der Waals surface area contributed by atoms with Crippen LogP contribution in [0.4, 0.5) is 0 Å². The van der Waals surface area contributed by atoms with Crippen LogP contribution in [0, 0.1) is 0 Å². The zero-order chi connectivity index (χ0) is 15.0. The van der Waals surface area contributed by atoms with Gasteiger partial charge in [0.15, 0.2) is 0 Å². The minimum Gasteiger partial charge on any atom is -0.389 e. The Hall–Kier alpha value is -0.560. The third kappa shape index (κ3) is 4.48. The van der Waals surface area contributed by atoms with Gasteiger partial charge in [0, 0.05) is 5.29 Å². The number of ether oxygens (including phenoxy) is 1. The monoisotopic (exact) mass is 300 g/mol. The van der Waals surface area contributed by atoms with Gasteiger partial charge in [0.05, 0.1) is 6.42 Å². The van der Waals surface area contributed by atoms with Crippen molar-refractivity contribution in [3.8, 4) is 0 Å². The molecule has 0 unspecified atom stereocenters. The van der Waals surface area contributed by atoms with Crippen LogP contribution in [0.3, 0.4) is 0 Å². The summed E-state index contributed by atoms with van der Waals surface area (Å²) < 4.78 is 4.83. The molecule has 1 aliphatic rings. The predicted octanol–water partition coefficient (Wildman–Crippen LogP) is 4.05. The van der Waals surface area contributed by atoms with E-state index in [1.807, 2.05) is 0 Å². The molecule has 1 fully saturated rings. The van der Waals surface area contributed by atoms with Crippen LogP contribution in [0.1, 0.15) is 65.7 Å². The van der Waals surface area contributed by atoms with Gasteiger partial charge in [-0.3, -0.25) is 4.79 Å². The van der Waals surface area contributed by atoms with Crippen LogP contribution in [0.2, 0.25) is 0 Å². The maximum absolute atomic E-state index is 12.1. The van der Waals surface area contributed by atoms with Crippen LogP contribution in [-0.4, -0.2) is 35.7 Å². The summed E-state index contributed by atoms with van der Waals surface area (Å²) in [6.07, 6.45) is 10.6. The number of rotatable bonds is 9. The first-order chi connectivity index (χ1) is 9.59. The SMILES string of the molecule is CCCCP(CCCC)(CCCC)=C1CC(=O)OC1=O. The third-order valence-corrected chi connectivity index (χ3v) is 9.15. The van der Waals surface area contributed by atoms with Gasteiger partial charge < -0.3 is 4.74 Å². The average Bonchev–Trinajstić information content (AvgIpc) is 2.78. The molecule has 0 bridgehead atoms. The Bertz CT molecular complexity index is 370. The molecule has 0 aromatic heterocycles. The standard InChI is InChI=1S/C16H29O3P/c1-4-7-10-20(11-8-5-2,12-9-6-3)14-13-15(17)19-16(14)18/h4-13H2,1-3H3. The van der Waals surface area contributed by atoms with E-state index in [9.17, 15) is 9.59 Å². The van der Waals surface area contributed by atoms with Crippen LogP contribution in [0.5, 0.6) is 0 Å². The minimum absolute atomic E-state index is 0.268. The number of hydrogen-bond acceptors (Lipinski definition) is 3. The Morgan fingerprint density at radius 2 is 1.35 bits per heavy atom. The van der Waals surface area contributed by atoms with Crippen molar-refractivity contribution in [3.05, 3.63) is 0 Å². The topological polar surface area (TPSA) is 43.4 Å². The normalized spacial score (nSPS) is 15.8. The number of hydrogen-bond donors (Lipinski definition) is 0. The van der Waals surface area contributed by atoms with Crippen molar-refractivity contribution < 1.29 is 14.3 Å². The molecule has 0 radical (unpaired) electrons. The van der Waals surface area contributed by atoms with Gasteiger partial charge in [-0.25, -0.2) is 4.79 Å². The van der Waals surface area contributed by atoms with Gasteiger partial charge in [-0.2, -0.15) is 0 Å². The quantitative estimate of drug-likeness (QED) is 0.366. The first kappa shape index (κ1) is 17.5. The van der Waals surface area contributed by atoms with E-state index in [2.05, 4.69) is 20.8 Å². The van der Waals surface area contributed by atoms with Gasteiger partial charge in [-0.05, 0) is 37.7 Å². The van der Waals surface area contributed by atoms with E-state index in [1.165, 1.54) is 0 Å². The van der Waals surface area contributed by atoms with Crippen molar-refractivity contribution in [1.82, 2.24) is 0 Å². The Labute approximate surface area is 123 Å². The molecule has 1 rings (SSSR count). The van der Waals surface area contributed by atoms with Gasteiger partial charge in [0.2, 0.25) is 0 Å². The lowest BCUT2D eigenvalue weighted by Crippen LogP contribution is -2.16. The summed E-state index contributed by atoms with van der Waals surface area (Å²) in [4.78, 5) is 23.6. The maximum atomic E-state index is 12.1. The second-order valence-electron chi connectivity index (χ2n) is 5.76. The smallest absolute Gasteiger partial charge is 0.342 e. The number of carbonyl (C=O) groups is 2. The fourth-order valence-corrected chi connectivity index (χ4v) is 8.03. The Morgan fingerprint density at radius 3 is 1.65 bits per heavy atom. The summed E-state index contributed by atoms with van der Waals surface area (Å²) in [6.45, 7) is 5.11. The van der Waals surface area contributed by atoms with E-state index >= 15 is 0 Å².